The van der Waals surface area contributed by atoms with Gasteiger partial charge in [0.2, 0.25) is 0 Å². The van der Waals surface area contributed by atoms with Crippen LogP contribution in [0.3, 0.4) is 0 Å². The van der Waals surface area contributed by atoms with Gasteiger partial charge < -0.3 is 24.8 Å². The number of rotatable bonds is 9. The van der Waals surface area contributed by atoms with Crippen LogP contribution in [0.25, 0.3) is 0 Å². The normalized spacial score (nSPS) is 10.2. The maximum atomic E-state index is 13.7. The molecule has 0 aliphatic rings. The van der Waals surface area contributed by atoms with Crippen molar-refractivity contribution in [3.05, 3.63) is 83.7 Å². The molecule has 166 valence electrons. The molecular formula is C24H23FN2O5. The number of carbonyl (C=O) groups excluding carboxylic acids is 2. The van der Waals surface area contributed by atoms with Gasteiger partial charge in [-0.05, 0) is 42.5 Å². The van der Waals surface area contributed by atoms with Crippen LogP contribution in [0.2, 0.25) is 0 Å². The molecule has 0 fully saturated rings. The van der Waals surface area contributed by atoms with Crippen molar-refractivity contribution in [2.24, 2.45) is 0 Å². The van der Waals surface area contributed by atoms with Crippen molar-refractivity contribution in [2.75, 3.05) is 26.1 Å². The third kappa shape index (κ3) is 5.75. The molecule has 2 N–H and O–H groups in total. The van der Waals surface area contributed by atoms with E-state index < -0.39 is 11.7 Å². The first-order valence-corrected chi connectivity index (χ1v) is 9.77. The molecule has 0 spiro atoms. The van der Waals surface area contributed by atoms with E-state index in [9.17, 15) is 14.0 Å². The predicted molar refractivity (Wildman–Crippen MR) is 118 cm³/mol. The number of carbonyl (C=O) groups is 2. The molecule has 0 radical (unpaired) electrons. The number of amides is 2. The molecule has 0 aromatic heterocycles. The summed E-state index contributed by atoms with van der Waals surface area (Å²) in [7, 11) is 3.10. The molecule has 3 aromatic carbocycles. The summed E-state index contributed by atoms with van der Waals surface area (Å²) < 4.78 is 29.8. The van der Waals surface area contributed by atoms with Crippen LogP contribution in [0.1, 0.15) is 15.9 Å². The zero-order valence-corrected chi connectivity index (χ0v) is 17.7. The average molecular weight is 438 g/mol. The predicted octanol–water partition coefficient (Wildman–Crippen LogP) is 3.79. The minimum absolute atomic E-state index is 0.0550. The number of nitrogens with one attached hydrogen (secondary N) is 2. The molecule has 8 heteroatoms. The SMILES string of the molecule is COc1ccc(OC)c(CNC(=O)c2ccccc2OCC(=O)Nc2ccccc2F)c1. The van der Waals surface area contributed by atoms with Crippen LogP contribution < -0.4 is 24.8 Å². The largest absolute Gasteiger partial charge is 0.497 e. The number of para-hydroxylation sites is 2. The van der Waals surface area contributed by atoms with E-state index in [1.807, 2.05) is 0 Å². The molecule has 0 atom stereocenters. The quantitative estimate of drug-likeness (QED) is 0.531. The van der Waals surface area contributed by atoms with Gasteiger partial charge >= 0.3 is 0 Å². The van der Waals surface area contributed by atoms with E-state index in [2.05, 4.69) is 10.6 Å². The Morgan fingerprint density at radius 1 is 0.906 bits per heavy atom. The van der Waals surface area contributed by atoms with E-state index in [4.69, 9.17) is 14.2 Å². The molecule has 0 aliphatic heterocycles. The Morgan fingerprint density at radius 2 is 1.66 bits per heavy atom. The maximum Gasteiger partial charge on any atom is 0.262 e. The van der Waals surface area contributed by atoms with E-state index in [0.717, 1.165) is 5.56 Å². The topological polar surface area (TPSA) is 85.9 Å². The van der Waals surface area contributed by atoms with Crippen molar-refractivity contribution in [1.29, 1.82) is 0 Å². The molecule has 0 bridgehead atoms. The molecule has 32 heavy (non-hydrogen) atoms. The van der Waals surface area contributed by atoms with Gasteiger partial charge in [0.1, 0.15) is 23.1 Å². The van der Waals surface area contributed by atoms with Crippen LogP contribution in [0, 0.1) is 5.82 Å². The van der Waals surface area contributed by atoms with Crippen LogP contribution in [0.4, 0.5) is 10.1 Å². The number of hydrogen-bond donors (Lipinski definition) is 2. The second-order valence-electron chi connectivity index (χ2n) is 6.67. The van der Waals surface area contributed by atoms with E-state index in [1.54, 1.807) is 62.8 Å². The van der Waals surface area contributed by atoms with E-state index in [-0.39, 0.29) is 36.1 Å². The van der Waals surface area contributed by atoms with Crippen molar-refractivity contribution in [1.82, 2.24) is 5.32 Å². The fourth-order valence-corrected chi connectivity index (χ4v) is 2.96. The molecule has 0 unspecified atom stereocenters. The standard InChI is InChI=1S/C24H23FN2O5/c1-30-17-11-12-21(31-2)16(13-17)14-26-24(29)18-7-3-6-10-22(18)32-15-23(28)27-20-9-5-4-8-19(20)25/h3-13H,14-15H2,1-2H3,(H,26,29)(H,27,28). The second-order valence-corrected chi connectivity index (χ2v) is 6.67. The number of anilines is 1. The third-order valence-electron chi connectivity index (χ3n) is 4.57. The minimum atomic E-state index is -0.550. The van der Waals surface area contributed by atoms with E-state index >= 15 is 0 Å². The summed E-state index contributed by atoms with van der Waals surface area (Å²) in [5, 5.41) is 5.25. The molecule has 0 saturated carbocycles. The lowest BCUT2D eigenvalue weighted by Gasteiger charge is -2.14. The fraction of sp³-hybridized carbons (Fsp3) is 0.167. The first-order valence-electron chi connectivity index (χ1n) is 9.77. The van der Waals surface area contributed by atoms with Crippen molar-refractivity contribution >= 4 is 17.5 Å². The van der Waals surface area contributed by atoms with Crippen LogP contribution in [0.5, 0.6) is 17.2 Å². The lowest BCUT2D eigenvalue weighted by atomic mass is 10.1. The summed E-state index contributed by atoms with van der Waals surface area (Å²) in [6.07, 6.45) is 0. The average Bonchev–Trinajstić information content (AvgIpc) is 2.82. The Balaban J connectivity index is 1.64. The maximum absolute atomic E-state index is 13.7. The number of benzene rings is 3. The van der Waals surface area contributed by atoms with Crippen LogP contribution >= 0.6 is 0 Å². The van der Waals surface area contributed by atoms with Gasteiger partial charge in [-0.15, -0.1) is 0 Å². The lowest BCUT2D eigenvalue weighted by molar-refractivity contribution is -0.118. The number of hydrogen-bond acceptors (Lipinski definition) is 5. The zero-order chi connectivity index (χ0) is 22.9. The summed E-state index contributed by atoms with van der Waals surface area (Å²) in [6, 6.07) is 17.7. The van der Waals surface area contributed by atoms with E-state index in [0.29, 0.717) is 11.5 Å². The Morgan fingerprint density at radius 3 is 2.41 bits per heavy atom. The van der Waals surface area contributed by atoms with Crippen molar-refractivity contribution < 1.29 is 28.2 Å². The first-order chi connectivity index (χ1) is 15.5. The number of halogens is 1. The molecule has 3 rings (SSSR count). The monoisotopic (exact) mass is 438 g/mol. The Bertz CT molecular complexity index is 1100. The molecule has 0 saturated heterocycles. The third-order valence-corrected chi connectivity index (χ3v) is 4.57. The highest BCUT2D eigenvalue weighted by Gasteiger charge is 2.15. The van der Waals surface area contributed by atoms with Crippen LogP contribution in [-0.2, 0) is 11.3 Å². The van der Waals surface area contributed by atoms with Gasteiger partial charge in [-0.25, -0.2) is 4.39 Å². The van der Waals surface area contributed by atoms with Crippen molar-refractivity contribution in [3.63, 3.8) is 0 Å². The zero-order valence-electron chi connectivity index (χ0n) is 17.7. The summed E-state index contributed by atoms with van der Waals surface area (Å²) in [5.74, 6) is -0.00796. The highest BCUT2D eigenvalue weighted by molar-refractivity contribution is 5.97. The van der Waals surface area contributed by atoms with Gasteiger partial charge in [-0.1, -0.05) is 24.3 Å². The van der Waals surface area contributed by atoms with Gasteiger partial charge in [-0.2, -0.15) is 0 Å². The van der Waals surface area contributed by atoms with Crippen molar-refractivity contribution in [3.8, 4) is 17.2 Å². The highest BCUT2D eigenvalue weighted by atomic mass is 19.1. The van der Waals surface area contributed by atoms with Crippen molar-refractivity contribution in [2.45, 2.75) is 6.54 Å². The van der Waals surface area contributed by atoms with Gasteiger partial charge in [-0.3, -0.25) is 9.59 Å². The minimum Gasteiger partial charge on any atom is -0.497 e. The van der Waals surface area contributed by atoms with Crippen LogP contribution in [-0.4, -0.2) is 32.6 Å². The Labute approximate surface area is 185 Å². The lowest BCUT2D eigenvalue weighted by Crippen LogP contribution is -2.25. The molecule has 3 aromatic rings. The fourth-order valence-electron chi connectivity index (χ4n) is 2.96. The Hall–Kier alpha value is -4.07. The Kier molecular flexibility index (Phi) is 7.64. The number of methoxy groups -OCH3 is 2. The van der Waals surface area contributed by atoms with Gasteiger partial charge in [0, 0.05) is 12.1 Å². The molecule has 0 aliphatic carbocycles. The van der Waals surface area contributed by atoms with E-state index in [1.165, 1.54) is 18.2 Å². The van der Waals surface area contributed by atoms with Crippen LogP contribution in [0.15, 0.2) is 66.7 Å². The second kappa shape index (κ2) is 10.8. The van der Waals surface area contributed by atoms with Gasteiger partial charge in [0.25, 0.3) is 11.8 Å². The van der Waals surface area contributed by atoms with Gasteiger partial charge in [0.05, 0.1) is 25.5 Å². The highest BCUT2D eigenvalue weighted by Crippen LogP contribution is 2.24. The molecular weight excluding hydrogens is 415 g/mol. The summed E-state index contributed by atoms with van der Waals surface area (Å²) in [5.41, 5.74) is 1.05. The first kappa shape index (κ1) is 22.6. The molecule has 7 nitrogen and oxygen atoms in total. The molecule has 0 heterocycles. The smallest absolute Gasteiger partial charge is 0.262 e. The summed E-state index contributed by atoms with van der Waals surface area (Å²) >= 11 is 0. The molecule has 2 amide bonds. The summed E-state index contributed by atoms with van der Waals surface area (Å²) in [6.45, 7) is -0.191. The van der Waals surface area contributed by atoms with Gasteiger partial charge in [0.15, 0.2) is 6.61 Å². The summed E-state index contributed by atoms with van der Waals surface area (Å²) in [4.78, 5) is 24.9. The number of ether oxygens (including phenoxy) is 3.